The Balaban J connectivity index is 1.82. The number of aromatic nitrogens is 1. The summed E-state index contributed by atoms with van der Waals surface area (Å²) in [6.45, 7) is 4.55. The third-order valence-electron chi connectivity index (χ3n) is 4.13. The molecule has 1 aromatic rings. The summed E-state index contributed by atoms with van der Waals surface area (Å²) in [4.78, 5) is 11.9. The van der Waals surface area contributed by atoms with E-state index in [0.29, 0.717) is 30.6 Å². The van der Waals surface area contributed by atoms with Gasteiger partial charge in [0, 0.05) is 18.7 Å². The second-order valence-electron chi connectivity index (χ2n) is 5.42. The lowest BCUT2D eigenvalue weighted by molar-refractivity contribution is -0.120. The van der Waals surface area contributed by atoms with Crippen molar-refractivity contribution in [1.29, 1.82) is 0 Å². The van der Waals surface area contributed by atoms with Crippen molar-refractivity contribution in [2.24, 2.45) is 11.8 Å². The largest absolute Gasteiger partial charge is 0.396 e. The van der Waals surface area contributed by atoms with Gasteiger partial charge in [0.15, 0.2) is 0 Å². The molecule has 1 aromatic heterocycles. The monoisotopic (exact) mass is 266 g/mol. The molecule has 5 heteroatoms. The summed E-state index contributed by atoms with van der Waals surface area (Å²) in [6.07, 6.45) is 3.63. The van der Waals surface area contributed by atoms with E-state index in [4.69, 9.17) is 4.52 Å². The van der Waals surface area contributed by atoms with Crippen LogP contribution >= 0.6 is 0 Å². The molecule has 2 atom stereocenters. The van der Waals surface area contributed by atoms with Crippen LogP contribution in [0.5, 0.6) is 0 Å². The predicted octanol–water partition coefficient (Wildman–Crippen LogP) is 1.36. The van der Waals surface area contributed by atoms with E-state index < -0.39 is 0 Å². The smallest absolute Gasteiger partial charge is 0.224 e. The molecule has 0 saturated heterocycles. The van der Waals surface area contributed by atoms with Gasteiger partial charge in [-0.1, -0.05) is 11.6 Å². The zero-order valence-electron chi connectivity index (χ0n) is 11.6. The summed E-state index contributed by atoms with van der Waals surface area (Å²) in [5.74, 6) is 1.47. The number of carbonyl (C=O) groups excluding carboxylic acids is 1. The van der Waals surface area contributed by atoms with Gasteiger partial charge in [0.2, 0.25) is 5.91 Å². The number of amides is 1. The molecule has 1 saturated carbocycles. The van der Waals surface area contributed by atoms with E-state index in [2.05, 4.69) is 10.5 Å². The topological polar surface area (TPSA) is 75.4 Å². The fourth-order valence-electron chi connectivity index (χ4n) is 2.84. The maximum absolute atomic E-state index is 11.9. The van der Waals surface area contributed by atoms with Crippen molar-refractivity contribution in [2.45, 2.75) is 39.5 Å². The summed E-state index contributed by atoms with van der Waals surface area (Å²) in [5.41, 5.74) is 1.66. The number of rotatable bonds is 5. The van der Waals surface area contributed by atoms with E-state index in [1.54, 1.807) is 0 Å². The highest BCUT2D eigenvalue weighted by Gasteiger charge is 2.26. The molecular formula is C14H22N2O3. The Labute approximate surface area is 113 Å². The molecule has 1 aliphatic rings. The van der Waals surface area contributed by atoms with Gasteiger partial charge >= 0.3 is 0 Å². The van der Waals surface area contributed by atoms with E-state index in [0.717, 1.165) is 30.5 Å². The van der Waals surface area contributed by atoms with Crippen molar-refractivity contribution in [1.82, 2.24) is 10.5 Å². The molecule has 19 heavy (non-hydrogen) atoms. The maximum Gasteiger partial charge on any atom is 0.224 e. The van der Waals surface area contributed by atoms with Crippen molar-refractivity contribution in [3.63, 3.8) is 0 Å². The van der Waals surface area contributed by atoms with Crippen molar-refractivity contribution >= 4 is 5.91 Å². The Morgan fingerprint density at radius 2 is 2.16 bits per heavy atom. The molecule has 1 amide bonds. The van der Waals surface area contributed by atoms with E-state index in [1.807, 2.05) is 13.8 Å². The van der Waals surface area contributed by atoms with Crippen molar-refractivity contribution in [3.05, 3.63) is 17.0 Å². The first-order chi connectivity index (χ1) is 9.11. The lowest BCUT2D eigenvalue weighted by Gasteiger charge is -2.17. The van der Waals surface area contributed by atoms with Gasteiger partial charge in [0.05, 0.1) is 12.1 Å². The lowest BCUT2D eigenvalue weighted by atomic mass is 9.97. The third-order valence-corrected chi connectivity index (χ3v) is 4.13. The molecule has 0 radical (unpaired) electrons. The fourth-order valence-corrected chi connectivity index (χ4v) is 2.84. The zero-order valence-corrected chi connectivity index (χ0v) is 11.6. The Bertz CT molecular complexity index is 422. The van der Waals surface area contributed by atoms with Crippen molar-refractivity contribution < 1.29 is 14.4 Å². The van der Waals surface area contributed by atoms with Crippen LogP contribution in [0, 0.1) is 25.7 Å². The molecule has 1 aliphatic carbocycles. The van der Waals surface area contributed by atoms with Gasteiger partial charge in [0.1, 0.15) is 5.76 Å². The number of aliphatic hydroxyl groups excluding tert-OH is 1. The Kier molecular flexibility index (Phi) is 4.58. The highest BCUT2D eigenvalue weighted by molar-refractivity contribution is 5.78. The molecule has 1 heterocycles. The predicted molar refractivity (Wildman–Crippen MR) is 70.6 cm³/mol. The molecule has 2 rings (SSSR count). The SMILES string of the molecule is Cc1noc(C)c1CC(=O)NCC1CCCC1CO. The number of hydrogen-bond acceptors (Lipinski definition) is 4. The van der Waals surface area contributed by atoms with Crippen LogP contribution in [0.1, 0.15) is 36.3 Å². The Morgan fingerprint density at radius 3 is 2.79 bits per heavy atom. The van der Waals surface area contributed by atoms with Crippen molar-refractivity contribution in [3.8, 4) is 0 Å². The number of carbonyl (C=O) groups is 1. The average Bonchev–Trinajstić information content (AvgIpc) is 2.97. The summed E-state index contributed by atoms with van der Waals surface area (Å²) >= 11 is 0. The van der Waals surface area contributed by atoms with Crippen LogP contribution in [0.25, 0.3) is 0 Å². The molecule has 1 fully saturated rings. The fraction of sp³-hybridized carbons (Fsp3) is 0.714. The number of nitrogens with one attached hydrogen (secondary N) is 1. The minimum absolute atomic E-state index is 0.00186. The molecule has 2 unspecified atom stereocenters. The van der Waals surface area contributed by atoms with E-state index in [-0.39, 0.29) is 12.5 Å². The molecule has 106 valence electrons. The molecule has 2 N–H and O–H groups in total. The van der Waals surface area contributed by atoms with Crippen LogP contribution in [0.3, 0.4) is 0 Å². The van der Waals surface area contributed by atoms with E-state index >= 15 is 0 Å². The molecule has 0 aliphatic heterocycles. The first kappa shape index (κ1) is 14.1. The van der Waals surface area contributed by atoms with Gasteiger partial charge < -0.3 is 14.9 Å². The minimum Gasteiger partial charge on any atom is -0.396 e. The van der Waals surface area contributed by atoms with Gasteiger partial charge in [-0.2, -0.15) is 0 Å². The third kappa shape index (κ3) is 3.35. The summed E-state index contributed by atoms with van der Waals surface area (Å²) < 4.78 is 5.05. The number of hydrogen-bond donors (Lipinski definition) is 2. The van der Waals surface area contributed by atoms with Crippen LogP contribution in [0.2, 0.25) is 0 Å². The molecule has 0 aromatic carbocycles. The highest BCUT2D eigenvalue weighted by Crippen LogP contribution is 2.30. The highest BCUT2D eigenvalue weighted by atomic mass is 16.5. The number of nitrogens with zero attached hydrogens (tertiary/aromatic N) is 1. The van der Waals surface area contributed by atoms with Crippen LogP contribution in [0.4, 0.5) is 0 Å². The number of aryl methyl sites for hydroxylation is 2. The minimum atomic E-state index is -0.00186. The van der Waals surface area contributed by atoms with Gasteiger partial charge in [-0.3, -0.25) is 4.79 Å². The molecule has 0 bridgehead atoms. The van der Waals surface area contributed by atoms with Gasteiger partial charge in [-0.15, -0.1) is 0 Å². The molecule has 0 spiro atoms. The van der Waals surface area contributed by atoms with Crippen LogP contribution in [0.15, 0.2) is 4.52 Å². The van der Waals surface area contributed by atoms with Crippen LogP contribution in [-0.4, -0.2) is 29.3 Å². The van der Waals surface area contributed by atoms with Crippen LogP contribution in [-0.2, 0) is 11.2 Å². The summed E-state index contributed by atoms with van der Waals surface area (Å²) in [5, 5.41) is 16.1. The van der Waals surface area contributed by atoms with E-state index in [9.17, 15) is 9.90 Å². The summed E-state index contributed by atoms with van der Waals surface area (Å²) in [7, 11) is 0. The quantitative estimate of drug-likeness (QED) is 0.843. The molecule has 5 nitrogen and oxygen atoms in total. The second-order valence-corrected chi connectivity index (χ2v) is 5.42. The average molecular weight is 266 g/mol. The molecular weight excluding hydrogens is 244 g/mol. The zero-order chi connectivity index (χ0) is 13.8. The van der Waals surface area contributed by atoms with E-state index in [1.165, 1.54) is 0 Å². The van der Waals surface area contributed by atoms with Crippen LogP contribution < -0.4 is 5.32 Å². The Hall–Kier alpha value is -1.36. The first-order valence-corrected chi connectivity index (χ1v) is 6.91. The Morgan fingerprint density at radius 1 is 1.42 bits per heavy atom. The van der Waals surface area contributed by atoms with Crippen molar-refractivity contribution in [2.75, 3.05) is 13.2 Å². The van der Waals surface area contributed by atoms with Gasteiger partial charge in [0.25, 0.3) is 0 Å². The summed E-state index contributed by atoms with van der Waals surface area (Å²) in [6, 6.07) is 0. The second kappa shape index (κ2) is 6.19. The van der Waals surface area contributed by atoms with Gasteiger partial charge in [-0.25, -0.2) is 0 Å². The first-order valence-electron chi connectivity index (χ1n) is 6.91. The number of aliphatic hydroxyl groups is 1. The lowest BCUT2D eigenvalue weighted by Crippen LogP contribution is -2.32. The normalized spacial score (nSPS) is 22.7. The standard InChI is InChI=1S/C14H22N2O3/c1-9-13(10(2)19-16-9)6-14(18)15-7-11-4-3-5-12(11)8-17/h11-12,17H,3-8H2,1-2H3,(H,15,18). The maximum atomic E-state index is 11.9. The van der Waals surface area contributed by atoms with Gasteiger partial charge in [-0.05, 0) is 38.5 Å².